The second kappa shape index (κ2) is 8.69. The molecule has 0 bridgehead atoms. The molecule has 1 unspecified atom stereocenters. The molecule has 1 aromatic carbocycles. The topological polar surface area (TPSA) is 98.7 Å². The maximum absolute atomic E-state index is 12.9. The number of hydrogen-bond acceptors (Lipinski definition) is 3. The molecule has 2 rings (SSSR count). The lowest BCUT2D eigenvalue weighted by Crippen LogP contribution is -2.59. The van der Waals surface area contributed by atoms with Crippen LogP contribution >= 0.6 is 0 Å². The van der Waals surface area contributed by atoms with Crippen molar-refractivity contribution in [1.82, 2.24) is 15.5 Å². The number of carboxylic acids is 1. The zero-order chi connectivity index (χ0) is 19.2. The molecule has 1 aliphatic carbocycles. The number of rotatable bonds is 7. The molecule has 142 valence electrons. The molecule has 3 N–H and O–H groups in total. The second-order valence-electron chi connectivity index (χ2n) is 7.01. The van der Waals surface area contributed by atoms with Crippen LogP contribution in [0.2, 0.25) is 0 Å². The Kier molecular flexibility index (Phi) is 6.60. The molecule has 26 heavy (non-hydrogen) atoms. The van der Waals surface area contributed by atoms with Gasteiger partial charge in [-0.25, -0.2) is 4.79 Å². The number of carbonyl (C=O) groups excluding carboxylic acids is 2. The lowest BCUT2D eigenvalue weighted by Gasteiger charge is -2.34. The fourth-order valence-corrected chi connectivity index (χ4v) is 3.35. The molecule has 1 atom stereocenters. The minimum atomic E-state index is -0.951. The van der Waals surface area contributed by atoms with E-state index in [2.05, 4.69) is 10.6 Å². The maximum Gasteiger partial charge on any atom is 0.315 e. The van der Waals surface area contributed by atoms with Crippen LogP contribution in [0.5, 0.6) is 0 Å². The number of benzene rings is 1. The third-order valence-electron chi connectivity index (χ3n) is 4.83. The highest BCUT2D eigenvalue weighted by molar-refractivity contribution is 5.91. The number of hydrogen-bond donors (Lipinski definition) is 3. The monoisotopic (exact) mass is 361 g/mol. The number of nitrogens with zero attached hydrogens (tertiary/aromatic N) is 1. The summed E-state index contributed by atoms with van der Waals surface area (Å²) >= 11 is 0. The van der Waals surface area contributed by atoms with Crippen molar-refractivity contribution in [1.29, 1.82) is 0 Å². The predicted molar refractivity (Wildman–Crippen MR) is 97.4 cm³/mol. The Hall–Kier alpha value is -2.57. The van der Waals surface area contributed by atoms with Crippen molar-refractivity contribution < 1.29 is 19.5 Å². The zero-order valence-electron chi connectivity index (χ0n) is 15.3. The van der Waals surface area contributed by atoms with Crippen molar-refractivity contribution >= 4 is 17.9 Å². The molecule has 7 nitrogen and oxygen atoms in total. The van der Waals surface area contributed by atoms with E-state index in [9.17, 15) is 14.4 Å². The highest BCUT2D eigenvalue weighted by Crippen LogP contribution is 2.31. The van der Waals surface area contributed by atoms with Gasteiger partial charge < -0.3 is 20.6 Å². The molecule has 1 fully saturated rings. The van der Waals surface area contributed by atoms with Crippen LogP contribution < -0.4 is 10.6 Å². The standard InChI is InChI=1S/C19H27N3O4/c1-14(16(23)24)13-22(2)17(25)19(10-6-7-11-19)21-18(26)20-12-15-8-4-3-5-9-15/h3-5,8-9,14H,6-7,10-13H2,1-2H3,(H,23,24)(H2,20,21,26). The first-order chi connectivity index (χ1) is 12.3. The minimum Gasteiger partial charge on any atom is -0.481 e. The second-order valence-corrected chi connectivity index (χ2v) is 7.01. The van der Waals surface area contributed by atoms with Crippen LogP contribution in [0.1, 0.15) is 38.2 Å². The SMILES string of the molecule is CC(CN(C)C(=O)C1(NC(=O)NCc2ccccc2)CCCC1)C(=O)O. The van der Waals surface area contributed by atoms with Gasteiger partial charge in [-0.05, 0) is 18.4 Å². The number of nitrogens with one attached hydrogen (secondary N) is 2. The Morgan fingerprint density at radius 1 is 1.19 bits per heavy atom. The Balaban J connectivity index is 1.98. The van der Waals surface area contributed by atoms with Crippen molar-refractivity contribution in [2.45, 2.75) is 44.7 Å². The van der Waals surface area contributed by atoms with Gasteiger partial charge >= 0.3 is 12.0 Å². The van der Waals surface area contributed by atoms with Crippen LogP contribution in [0.3, 0.4) is 0 Å². The number of amides is 3. The first-order valence-corrected chi connectivity index (χ1v) is 8.92. The third-order valence-corrected chi connectivity index (χ3v) is 4.83. The first-order valence-electron chi connectivity index (χ1n) is 8.92. The minimum absolute atomic E-state index is 0.114. The Morgan fingerprint density at radius 2 is 1.81 bits per heavy atom. The van der Waals surface area contributed by atoms with Gasteiger partial charge in [0.15, 0.2) is 0 Å². The van der Waals surface area contributed by atoms with Gasteiger partial charge in [0.2, 0.25) is 5.91 Å². The number of likely N-dealkylation sites (N-methyl/N-ethyl adjacent to an activating group) is 1. The number of carbonyl (C=O) groups is 3. The molecule has 0 aromatic heterocycles. The maximum atomic E-state index is 12.9. The summed E-state index contributed by atoms with van der Waals surface area (Å²) in [5.41, 5.74) is 0.0233. The van der Waals surface area contributed by atoms with E-state index >= 15 is 0 Å². The molecule has 0 aliphatic heterocycles. The van der Waals surface area contributed by atoms with Crippen LogP contribution in [0.15, 0.2) is 30.3 Å². The predicted octanol–water partition coefficient (Wildman–Crippen LogP) is 1.98. The van der Waals surface area contributed by atoms with E-state index in [4.69, 9.17) is 5.11 Å². The van der Waals surface area contributed by atoms with Gasteiger partial charge in [-0.2, -0.15) is 0 Å². The Morgan fingerprint density at radius 3 is 2.38 bits per heavy atom. The summed E-state index contributed by atoms with van der Waals surface area (Å²) in [5, 5.41) is 14.7. The van der Waals surface area contributed by atoms with Crippen LogP contribution in [-0.2, 0) is 16.1 Å². The average Bonchev–Trinajstić information content (AvgIpc) is 3.09. The number of urea groups is 1. The van der Waals surface area contributed by atoms with Crippen molar-refractivity contribution in [3.63, 3.8) is 0 Å². The van der Waals surface area contributed by atoms with E-state index < -0.39 is 17.4 Å². The van der Waals surface area contributed by atoms with Crippen LogP contribution in [0.25, 0.3) is 0 Å². The van der Waals surface area contributed by atoms with Gasteiger partial charge in [-0.15, -0.1) is 0 Å². The molecule has 0 saturated heterocycles. The molecular weight excluding hydrogens is 334 g/mol. The largest absolute Gasteiger partial charge is 0.481 e. The van der Waals surface area contributed by atoms with Gasteiger partial charge in [-0.3, -0.25) is 9.59 Å². The highest BCUT2D eigenvalue weighted by Gasteiger charge is 2.44. The van der Waals surface area contributed by atoms with Gasteiger partial charge in [0, 0.05) is 20.1 Å². The van der Waals surface area contributed by atoms with Crippen molar-refractivity contribution in [3.8, 4) is 0 Å². The average molecular weight is 361 g/mol. The molecular formula is C19H27N3O4. The summed E-state index contributed by atoms with van der Waals surface area (Å²) in [7, 11) is 1.59. The number of aliphatic carboxylic acids is 1. The van der Waals surface area contributed by atoms with Gasteiger partial charge in [0.25, 0.3) is 0 Å². The number of carboxylic acid groups (broad SMARTS) is 1. The smallest absolute Gasteiger partial charge is 0.315 e. The van der Waals surface area contributed by atoms with Crippen LogP contribution in [0, 0.1) is 5.92 Å². The Bertz CT molecular complexity index is 641. The van der Waals surface area contributed by atoms with Crippen molar-refractivity contribution in [2.75, 3.05) is 13.6 Å². The molecule has 1 saturated carbocycles. The third kappa shape index (κ3) is 4.97. The fourth-order valence-electron chi connectivity index (χ4n) is 3.35. The van der Waals surface area contributed by atoms with E-state index in [0.29, 0.717) is 19.4 Å². The first kappa shape index (κ1) is 19.8. The zero-order valence-corrected chi connectivity index (χ0v) is 15.3. The fraction of sp³-hybridized carbons (Fsp3) is 0.526. The van der Waals surface area contributed by atoms with E-state index in [1.807, 2.05) is 30.3 Å². The summed E-state index contributed by atoms with van der Waals surface area (Å²) in [5.74, 6) is -1.83. The summed E-state index contributed by atoms with van der Waals surface area (Å²) in [6, 6.07) is 9.15. The molecule has 0 heterocycles. The van der Waals surface area contributed by atoms with Gasteiger partial charge in [0.05, 0.1) is 5.92 Å². The lowest BCUT2D eigenvalue weighted by atomic mass is 9.95. The van der Waals surface area contributed by atoms with Crippen molar-refractivity contribution in [2.24, 2.45) is 5.92 Å². The van der Waals surface area contributed by atoms with Gasteiger partial charge in [-0.1, -0.05) is 50.1 Å². The summed E-state index contributed by atoms with van der Waals surface area (Å²) in [6.45, 7) is 2.06. The van der Waals surface area contributed by atoms with E-state index in [-0.39, 0.29) is 18.5 Å². The van der Waals surface area contributed by atoms with Crippen LogP contribution in [-0.4, -0.2) is 47.0 Å². The molecule has 1 aliphatic rings. The summed E-state index contributed by atoms with van der Waals surface area (Å²) in [6.07, 6.45) is 2.84. The molecule has 1 aromatic rings. The lowest BCUT2D eigenvalue weighted by molar-refractivity contribution is -0.144. The molecule has 0 spiro atoms. The highest BCUT2D eigenvalue weighted by atomic mass is 16.4. The summed E-state index contributed by atoms with van der Waals surface area (Å²) < 4.78 is 0. The van der Waals surface area contributed by atoms with E-state index in [1.165, 1.54) is 4.90 Å². The van der Waals surface area contributed by atoms with E-state index in [1.54, 1.807) is 14.0 Å². The summed E-state index contributed by atoms with van der Waals surface area (Å²) in [4.78, 5) is 37.7. The van der Waals surface area contributed by atoms with Crippen LogP contribution in [0.4, 0.5) is 4.79 Å². The van der Waals surface area contributed by atoms with E-state index in [0.717, 1.165) is 18.4 Å². The molecule has 3 amide bonds. The quantitative estimate of drug-likeness (QED) is 0.691. The van der Waals surface area contributed by atoms with Crippen molar-refractivity contribution in [3.05, 3.63) is 35.9 Å². The van der Waals surface area contributed by atoms with Gasteiger partial charge in [0.1, 0.15) is 5.54 Å². The Labute approximate surface area is 153 Å². The molecule has 7 heteroatoms. The normalized spacial score (nSPS) is 16.5. The molecule has 0 radical (unpaired) electrons.